The van der Waals surface area contributed by atoms with Gasteiger partial charge in [0, 0.05) is 31.0 Å². The van der Waals surface area contributed by atoms with Crippen LogP contribution in [0.25, 0.3) is 0 Å². The first-order chi connectivity index (χ1) is 15.8. The van der Waals surface area contributed by atoms with Gasteiger partial charge in [-0.25, -0.2) is 9.80 Å². The first-order valence-corrected chi connectivity index (χ1v) is 11.0. The van der Waals surface area contributed by atoms with Gasteiger partial charge >= 0.3 is 5.69 Å². The van der Waals surface area contributed by atoms with Crippen molar-refractivity contribution in [3.63, 3.8) is 0 Å². The van der Waals surface area contributed by atoms with Gasteiger partial charge in [-0.2, -0.15) is 5.10 Å². The number of carbonyl (C=O) groups is 1. The van der Waals surface area contributed by atoms with Crippen LogP contribution in [0.15, 0.2) is 39.0 Å². The molecule has 33 heavy (non-hydrogen) atoms. The van der Waals surface area contributed by atoms with Crippen molar-refractivity contribution in [1.29, 1.82) is 0 Å². The lowest BCUT2D eigenvalue weighted by atomic mass is 9.95. The number of nitro groups is 1. The Morgan fingerprint density at radius 2 is 1.88 bits per heavy atom. The highest BCUT2D eigenvalue weighted by Gasteiger charge is 2.36. The fraction of sp³-hybridized carbons (Fsp3) is 0.455. The normalized spacial score (nSPS) is 18.9. The first-order valence-electron chi connectivity index (χ1n) is 11.0. The molecule has 0 radical (unpaired) electrons. The number of amides is 1. The second kappa shape index (κ2) is 9.00. The third-order valence-electron chi connectivity index (χ3n) is 6.30. The van der Waals surface area contributed by atoms with Crippen molar-refractivity contribution in [2.24, 2.45) is 5.10 Å². The lowest BCUT2D eigenvalue weighted by Crippen LogP contribution is -2.36. The minimum atomic E-state index is -0.767. The van der Waals surface area contributed by atoms with E-state index in [2.05, 4.69) is 10.1 Å². The number of aromatic nitrogens is 2. The molecule has 1 aromatic carbocycles. The van der Waals surface area contributed by atoms with E-state index in [0.717, 1.165) is 32.1 Å². The number of H-pyrrole nitrogens is 1. The molecule has 2 heterocycles. The highest BCUT2D eigenvalue weighted by Crippen LogP contribution is 2.36. The van der Waals surface area contributed by atoms with Crippen LogP contribution in [0.3, 0.4) is 0 Å². The third-order valence-corrected chi connectivity index (χ3v) is 6.30. The minimum Gasteiger partial charge on any atom is -0.494 e. The van der Waals surface area contributed by atoms with Gasteiger partial charge in [0.25, 0.3) is 11.2 Å². The Bertz CT molecular complexity index is 1220. The highest BCUT2D eigenvalue weighted by molar-refractivity contribution is 6.04. The number of hydrogen-bond acceptors (Lipinski definition) is 7. The van der Waals surface area contributed by atoms with Gasteiger partial charge in [-0.15, -0.1) is 0 Å². The fourth-order valence-electron chi connectivity index (χ4n) is 4.61. The summed E-state index contributed by atoms with van der Waals surface area (Å²) in [5.41, 5.74) is -0.851. The molecule has 4 rings (SSSR count). The number of hydrogen-bond donors (Lipinski definition) is 2. The molecular formula is C22H25N5O6. The van der Waals surface area contributed by atoms with Crippen molar-refractivity contribution in [3.8, 4) is 5.88 Å². The molecule has 1 amide bonds. The van der Waals surface area contributed by atoms with Crippen LogP contribution in [0.4, 0.5) is 5.69 Å². The van der Waals surface area contributed by atoms with Crippen LogP contribution in [0, 0.1) is 10.1 Å². The molecule has 1 aliphatic heterocycles. The Balaban J connectivity index is 1.76. The summed E-state index contributed by atoms with van der Waals surface area (Å²) < 4.78 is 1.23. The molecule has 2 aliphatic rings. The molecule has 1 aromatic heterocycles. The summed E-state index contributed by atoms with van der Waals surface area (Å²) in [5, 5.41) is 27.6. The zero-order valence-corrected chi connectivity index (χ0v) is 18.2. The number of hydrazone groups is 1. The second-order valence-electron chi connectivity index (χ2n) is 8.33. The molecule has 11 heteroatoms. The molecule has 2 aromatic rings. The smallest absolute Gasteiger partial charge is 0.331 e. The number of nitro benzene ring substituents is 1. The Morgan fingerprint density at radius 1 is 1.21 bits per heavy atom. The minimum absolute atomic E-state index is 0.0834. The van der Waals surface area contributed by atoms with E-state index in [1.54, 1.807) is 19.1 Å². The molecule has 174 valence electrons. The number of nitrogens with one attached hydrogen (secondary N) is 1. The van der Waals surface area contributed by atoms with E-state index in [1.165, 1.54) is 21.7 Å². The third kappa shape index (κ3) is 4.18. The predicted molar refractivity (Wildman–Crippen MR) is 119 cm³/mol. The van der Waals surface area contributed by atoms with Gasteiger partial charge < -0.3 is 5.11 Å². The van der Waals surface area contributed by atoms with E-state index in [0.29, 0.717) is 5.56 Å². The maximum atomic E-state index is 12.7. The Labute approximate surface area is 188 Å². The topological polar surface area (TPSA) is 151 Å². The molecule has 1 aliphatic carbocycles. The van der Waals surface area contributed by atoms with Crippen LogP contribution in [0.5, 0.6) is 5.88 Å². The van der Waals surface area contributed by atoms with Gasteiger partial charge in [0.2, 0.25) is 11.8 Å². The summed E-state index contributed by atoms with van der Waals surface area (Å²) >= 11 is 0. The van der Waals surface area contributed by atoms with E-state index in [1.807, 2.05) is 0 Å². The van der Waals surface area contributed by atoms with Crippen LogP contribution in [0.2, 0.25) is 0 Å². The van der Waals surface area contributed by atoms with Crippen LogP contribution in [0.1, 0.15) is 75.1 Å². The standard InChI is InChI=1S/C22H25N5O6/c1-2-18(28)26-17(13-8-10-15(11-9-13)27(32)33)12-16(24-26)19-20(29)23-22(31)25(21(19)30)14-6-4-3-5-7-14/h8-11,14,17,30H,2-7,12H2,1H3,(H,23,29,31)/t17-/m0/s1. The zero-order chi connectivity index (χ0) is 23.7. The molecule has 1 atom stereocenters. The fourth-order valence-corrected chi connectivity index (χ4v) is 4.61. The van der Waals surface area contributed by atoms with Gasteiger partial charge in [0.15, 0.2) is 0 Å². The Morgan fingerprint density at radius 3 is 2.48 bits per heavy atom. The largest absolute Gasteiger partial charge is 0.494 e. The van der Waals surface area contributed by atoms with Crippen molar-refractivity contribution in [2.45, 2.75) is 64.0 Å². The number of nitrogens with zero attached hydrogens (tertiary/aromatic N) is 4. The predicted octanol–water partition coefficient (Wildman–Crippen LogP) is 2.74. The van der Waals surface area contributed by atoms with Crippen LogP contribution in [-0.2, 0) is 4.79 Å². The first kappa shape index (κ1) is 22.4. The number of aromatic amines is 1. The van der Waals surface area contributed by atoms with Crippen molar-refractivity contribution in [2.75, 3.05) is 0 Å². The maximum Gasteiger partial charge on any atom is 0.331 e. The van der Waals surface area contributed by atoms with Gasteiger partial charge in [-0.3, -0.25) is 29.3 Å². The molecule has 1 fully saturated rings. The number of carbonyl (C=O) groups excluding carboxylic acids is 1. The molecule has 1 saturated carbocycles. The summed E-state index contributed by atoms with van der Waals surface area (Å²) in [5.74, 6) is -0.743. The Kier molecular flexibility index (Phi) is 6.12. The number of aromatic hydroxyl groups is 1. The van der Waals surface area contributed by atoms with Gasteiger partial charge in [-0.05, 0) is 18.4 Å². The van der Waals surface area contributed by atoms with Gasteiger partial charge in [0.1, 0.15) is 5.56 Å². The number of rotatable bonds is 5. The van der Waals surface area contributed by atoms with Crippen LogP contribution in [-0.4, -0.2) is 36.2 Å². The molecule has 2 N–H and O–H groups in total. The van der Waals surface area contributed by atoms with E-state index in [4.69, 9.17) is 0 Å². The summed E-state index contributed by atoms with van der Waals surface area (Å²) in [6.07, 6.45) is 4.61. The SMILES string of the molecule is CCC(=O)N1N=C(c2c(O)n(C3CCCCC3)c(=O)[nH]c2=O)C[C@H]1c1ccc([N+](=O)[O-])cc1. The highest BCUT2D eigenvalue weighted by atomic mass is 16.6. The van der Waals surface area contributed by atoms with E-state index < -0.39 is 28.1 Å². The van der Waals surface area contributed by atoms with E-state index in [9.17, 15) is 29.6 Å². The lowest BCUT2D eigenvalue weighted by Gasteiger charge is -2.25. The van der Waals surface area contributed by atoms with E-state index in [-0.39, 0.29) is 41.8 Å². The molecule has 11 nitrogen and oxygen atoms in total. The average Bonchev–Trinajstić information content (AvgIpc) is 3.24. The van der Waals surface area contributed by atoms with Crippen LogP contribution >= 0.6 is 0 Å². The summed E-state index contributed by atoms with van der Waals surface area (Å²) in [4.78, 5) is 50.6. The maximum absolute atomic E-state index is 12.7. The average molecular weight is 455 g/mol. The van der Waals surface area contributed by atoms with Crippen molar-refractivity contribution in [1.82, 2.24) is 14.6 Å². The molecular weight excluding hydrogens is 430 g/mol. The quantitative estimate of drug-likeness (QED) is 0.522. The van der Waals surface area contributed by atoms with Crippen molar-refractivity contribution in [3.05, 3.63) is 66.3 Å². The summed E-state index contributed by atoms with van der Waals surface area (Å²) in [6, 6.07) is 4.96. The lowest BCUT2D eigenvalue weighted by molar-refractivity contribution is -0.384. The summed E-state index contributed by atoms with van der Waals surface area (Å²) in [7, 11) is 0. The van der Waals surface area contributed by atoms with Crippen molar-refractivity contribution < 1.29 is 14.8 Å². The zero-order valence-electron chi connectivity index (χ0n) is 18.2. The monoisotopic (exact) mass is 455 g/mol. The molecule has 0 bridgehead atoms. The summed E-state index contributed by atoms with van der Waals surface area (Å²) in [6.45, 7) is 1.68. The molecule has 0 saturated heterocycles. The van der Waals surface area contributed by atoms with Gasteiger partial charge in [-0.1, -0.05) is 38.3 Å². The van der Waals surface area contributed by atoms with Gasteiger partial charge in [0.05, 0.1) is 16.7 Å². The Hall–Kier alpha value is -3.76. The molecule has 0 unspecified atom stereocenters. The van der Waals surface area contributed by atoms with Crippen molar-refractivity contribution >= 4 is 17.3 Å². The van der Waals surface area contributed by atoms with E-state index >= 15 is 0 Å². The van der Waals surface area contributed by atoms with Crippen LogP contribution < -0.4 is 11.2 Å². The molecule has 0 spiro atoms. The second-order valence-corrected chi connectivity index (χ2v) is 8.33. The number of benzene rings is 1. The number of non-ortho nitro benzene ring substituents is 1.